The van der Waals surface area contributed by atoms with Gasteiger partial charge in [-0.2, -0.15) is 0 Å². The monoisotopic (exact) mass is 646 g/mol. The Morgan fingerprint density at radius 2 is 0.542 bits per heavy atom. The van der Waals surface area contributed by atoms with E-state index >= 15 is 0 Å². The van der Waals surface area contributed by atoms with Crippen molar-refractivity contribution in [2.24, 2.45) is 0 Å². The summed E-state index contributed by atoms with van der Waals surface area (Å²) < 4.78 is 0. The second-order valence-electron chi connectivity index (χ2n) is 11.7. The van der Waals surface area contributed by atoms with Gasteiger partial charge in [-0.05, 0) is 79.7 Å². The minimum absolute atomic E-state index is 0.00275. The van der Waals surface area contributed by atoms with E-state index in [0.717, 1.165) is 0 Å². The van der Waals surface area contributed by atoms with Gasteiger partial charge in [0, 0.05) is 0 Å². The van der Waals surface area contributed by atoms with Crippen LogP contribution >= 0.6 is 0 Å². The lowest BCUT2D eigenvalue weighted by Crippen LogP contribution is -2.03. The molecule has 2 aliphatic rings. The van der Waals surface area contributed by atoms with Crippen LogP contribution in [0.3, 0.4) is 0 Å². The van der Waals surface area contributed by atoms with Crippen molar-refractivity contribution in [3.05, 3.63) is 69.3 Å². The van der Waals surface area contributed by atoms with E-state index in [2.05, 4.69) is 19.9 Å². The van der Waals surface area contributed by atoms with E-state index in [-0.39, 0.29) is 89.4 Å². The predicted octanol–water partition coefficient (Wildman–Crippen LogP) is 5.30. The molecular formula is C36H30N4O8. The summed E-state index contributed by atoms with van der Waals surface area (Å²) >= 11 is 0. The molecule has 2 N–H and O–H groups in total. The Balaban J connectivity index is 2.19. The van der Waals surface area contributed by atoms with Crippen molar-refractivity contribution >= 4 is 90.6 Å². The average Bonchev–Trinajstić information content (AvgIpc) is 3.69. The minimum Gasteiger partial charge on any atom is -0.354 e. The maximum absolute atomic E-state index is 13.0. The Labute approximate surface area is 273 Å². The SMILES string of the molecule is CC(=O)C1=C(C(C)=O)c2cc3[nH]c(cc4nc(cc5[nH]c(cc1n2)c(C(C)=O)c5C(C)=O)C(C(C)=O)=C4C(C)=O)c(C(C)=O)c3C(C)=O. The molecule has 0 saturated carbocycles. The zero-order chi connectivity index (χ0) is 35.5. The van der Waals surface area contributed by atoms with Gasteiger partial charge < -0.3 is 9.97 Å². The highest BCUT2D eigenvalue weighted by molar-refractivity contribution is 6.41. The molecule has 5 heterocycles. The summed E-state index contributed by atoms with van der Waals surface area (Å²) in [5, 5.41) is 0. The number of allylic oxidation sites excluding steroid dienone is 4. The number of nitrogens with one attached hydrogen (secondary N) is 2. The van der Waals surface area contributed by atoms with Gasteiger partial charge in [-0.3, -0.25) is 38.4 Å². The number of carbonyl (C=O) groups is 8. The van der Waals surface area contributed by atoms with Crippen LogP contribution in [0.5, 0.6) is 0 Å². The molecule has 0 aliphatic carbocycles. The highest BCUT2D eigenvalue weighted by atomic mass is 16.2. The van der Waals surface area contributed by atoms with Gasteiger partial charge in [0.1, 0.15) is 0 Å². The summed E-state index contributed by atoms with van der Waals surface area (Å²) in [7, 11) is 0. The van der Waals surface area contributed by atoms with Crippen LogP contribution in [-0.4, -0.2) is 66.2 Å². The first kappa shape index (κ1) is 33.3. The molecule has 12 heteroatoms. The van der Waals surface area contributed by atoms with E-state index < -0.39 is 46.3 Å². The number of fused-ring (bicyclic) bond motifs is 8. The van der Waals surface area contributed by atoms with Gasteiger partial charge in [-0.1, -0.05) is 0 Å². The van der Waals surface area contributed by atoms with E-state index in [1.54, 1.807) is 0 Å². The Morgan fingerprint density at radius 1 is 0.354 bits per heavy atom. The second kappa shape index (κ2) is 12.0. The first-order chi connectivity index (χ1) is 22.4. The molecule has 242 valence electrons. The predicted molar refractivity (Wildman–Crippen MR) is 177 cm³/mol. The molecule has 0 saturated heterocycles. The molecular weight excluding hydrogens is 616 g/mol. The zero-order valence-electron chi connectivity index (χ0n) is 27.5. The standard InChI is InChI=1S/C36H30N4O8/c1-13(41)29-21-9-23-31(15(3)43)33(17(5)45)25(38-23)11-27-35(19(7)47)36(20(8)48)28(40-27)12-26-34(18(6)46)32(16(4)44)24(39-26)10-22(37-21)30(29)14(2)42/h9-12,37,40H,1-8H3. The molecule has 8 bridgehead atoms. The van der Waals surface area contributed by atoms with Crippen molar-refractivity contribution in [1.29, 1.82) is 0 Å². The van der Waals surface area contributed by atoms with Crippen molar-refractivity contribution in [3.8, 4) is 0 Å². The number of aromatic amines is 2. The molecule has 0 spiro atoms. The third kappa shape index (κ3) is 5.40. The fraction of sp³-hybridized carbons (Fsp3) is 0.222. The van der Waals surface area contributed by atoms with E-state index in [4.69, 9.17) is 0 Å². The van der Waals surface area contributed by atoms with Crippen molar-refractivity contribution in [1.82, 2.24) is 19.9 Å². The van der Waals surface area contributed by atoms with Gasteiger partial charge >= 0.3 is 0 Å². The molecule has 2 aliphatic heterocycles. The summed E-state index contributed by atoms with van der Waals surface area (Å²) in [6.45, 7) is 10.0. The molecule has 0 amide bonds. The average molecular weight is 647 g/mol. The van der Waals surface area contributed by atoms with Crippen molar-refractivity contribution in [2.75, 3.05) is 0 Å². The van der Waals surface area contributed by atoms with Crippen LogP contribution in [0.4, 0.5) is 0 Å². The first-order valence-electron chi connectivity index (χ1n) is 14.8. The smallest absolute Gasteiger partial charge is 0.162 e. The van der Waals surface area contributed by atoms with Gasteiger partial charge in [0.15, 0.2) is 46.3 Å². The van der Waals surface area contributed by atoms with E-state index in [1.807, 2.05) is 0 Å². The van der Waals surface area contributed by atoms with Crippen molar-refractivity contribution < 1.29 is 38.4 Å². The van der Waals surface area contributed by atoms with Crippen molar-refractivity contribution in [3.63, 3.8) is 0 Å². The maximum atomic E-state index is 13.0. The van der Waals surface area contributed by atoms with Crippen LogP contribution in [0.15, 0.2) is 24.3 Å². The van der Waals surface area contributed by atoms with Gasteiger partial charge in [0.25, 0.3) is 0 Å². The number of ketones is 8. The molecule has 5 rings (SSSR count). The van der Waals surface area contributed by atoms with Crippen LogP contribution in [0.2, 0.25) is 0 Å². The molecule has 0 radical (unpaired) electrons. The zero-order valence-corrected chi connectivity index (χ0v) is 27.5. The maximum Gasteiger partial charge on any atom is 0.162 e. The Morgan fingerprint density at radius 3 is 0.688 bits per heavy atom. The summed E-state index contributed by atoms with van der Waals surface area (Å²) in [5.41, 5.74) is 0.0282. The number of hydrogen-bond acceptors (Lipinski definition) is 10. The van der Waals surface area contributed by atoms with E-state index in [0.29, 0.717) is 0 Å². The quantitative estimate of drug-likeness (QED) is 0.303. The third-order valence-corrected chi connectivity index (χ3v) is 8.06. The number of carbonyl (C=O) groups excluding carboxylic acids is 8. The van der Waals surface area contributed by atoms with Gasteiger partial charge in [0.2, 0.25) is 0 Å². The molecule has 0 atom stereocenters. The number of nitrogens with zero attached hydrogens (tertiary/aromatic N) is 2. The highest BCUT2D eigenvalue weighted by Gasteiger charge is 2.31. The Bertz CT molecular complexity index is 2040. The molecule has 0 unspecified atom stereocenters. The van der Waals surface area contributed by atoms with E-state index in [1.165, 1.54) is 79.7 Å². The van der Waals surface area contributed by atoms with Crippen LogP contribution in [-0.2, 0) is 19.2 Å². The van der Waals surface area contributed by atoms with E-state index in [9.17, 15) is 38.4 Å². The number of Topliss-reactive ketones (excluding diaryl/α,β-unsaturated/α-hetero) is 8. The summed E-state index contributed by atoms with van der Waals surface area (Å²) in [6.07, 6.45) is 0. The van der Waals surface area contributed by atoms with Crippen molar-refractivity contribution in [2.45, 2.75) is 55.4 Å². The number of aromatic nitrogens is 4. The lowest BCUT2D eigenvalue weighted by Gasteiger charge is -2.02. The fourth-order valence-corrected chi connectivity index (χ4v) is 6.36. The topological polar surface area (TPSA) is 194 Å². The Hall–Kier alpha value is -6.04. The lowest BCUT2D eigenvalue weighted by molar-refractivity contribution is -0.113. The third-order valence-electron chi connectivity index (χ3n) is 8.06. The Kier molecular flexibility index (Phi) is 8.30. The summed E-state index contributed by atoms with van der Waals surface area (Å²) in [6, 6.07) is 5.46. The highest BCUT2D eigenvalue weighted by Crippen LogP contribution is 2.36. The summed E-state index contributed by atoms with van der Waals surface area (Å²) in [4.78, 5) is 120. The van der Waals surface area contributed by atoms with Crippen LogP contribution < -0.4 is 0 Å². The molecule has 12 nitrogen and oxygen atoms in total. The number of hydrogen-bond donors (Lipinski definition) is 2. The molecule has 48 heavy (non-hydrogen) atoms. The minimum atomic E-state index is -0.515. The molecule has 0 aromatic carbocycles. The number of H-pyrrole nitrogens is 2. The van der Waals surface area contributed by atoms with Crippen LogP contribution in [0.1, 0.15) is 120 Å². The molecule has 0 fully saturated rings. The molecule has 3 aromatic heterocycles. The summed E-state index contributed by atoms with van der Waals surface area (Å²) in [5.74, 6) is -4.07. The van der Waals surface area contributed by atoms with Gasteiger partial charge in [-0.15, -0.1) is 0 Å². The van der Waals surface area contributed by atoms with Gasteiger partial charge in [0.05, 0.1) is 89.4 Å². The van der Waals surface area contributed by atoms with Crippen LogP contribution in [0, 0.1) is 0 Å². The fourth-order valence-electron chi connectivity index (χ4n) is 6.36. The van der Waals surface area contributed by atoms with Gasteiger partial charge in [-0.25, -0.2) is 9.97 Å². The normalized spacial score (nSPS) is 12.7. The number of rotatable bonds is 8. The lowest BCUT2D eigenvalue weighted by atomic mass is 9.97. The first-order valence-corrected chi connectivity index (χ1v) is 14.8. The second-order valence-corrected chi connectivity index (χ2v) is 11.7. The largest absolute Gasteiger partial charge is 0.354 e. The van der Waals surface area contributed by atoms with Crippen LogP contribution in [0.25, 0.3) is 44.4 Å². The molecule has 3 aromatic rings.